The number of hydrogen-bond acceptors (Lipinski definition) is 5. The van der Waals surface area contributed by atoms with Crippen LogP contribution in [0.4, 0.5) is 4.39 Å². The molecule has 0 heterocycles. The van der Waals surface area contributed by atoms with E-state index < -0.39 is 38.5 Å². The van der Waals surface area contributed by atoms with Gasteiger partial charge in [0.15, 0.2) is 5.75 Å². The number of halogens is 3. The Morgan fingerprint density at radius 2 is 1.88 bits per heavy atom. The van der Waals surface area contributed by atoms with Crippen molar-refractivity contribution in [3.63, 3.8) is 0 Å². The Morgan fingerprint density at radius 1 is 1.27 bits per heavy atom. The molecule has 0 fully saturated rings. The van der Waals surface area contributed by atoms with Gasteiger partial charge in [0.2, 0.25) is 10.0 Å². The van der Waals surface area contributed by atoms with Gasteiger partial charge in [-0.25, -0.2) is 12.8 Å². The molecule has 2 aromatic rings. The molecule has 6 nitrogen and oxygen atoms in total. The van der Waals surface area contributed by atoms with Gasteiger partial charge in [0.05, 0.1) is 12.1 Å². The van der Waals surface area contributed by atoms with Gasteiger partial charge in [0.1, 0.15) is 16.8 Å². The first kappa shape index (κ1) is 20.4. The summed E-state index contributed by atoms with van der Waals surface area (Å²) in [5.41, 5.74) is 0.498. The van der Waals surface area contributed by atoms with Crippen molar-refractivity contribution in [2.24, 2.45) is 0 Å². The fraction of sp³-hybridized carbons (Fsp3) is 0.188. The van der Waals surface area contributed by atoms with E-state index in [0.717, 1.165) is 13.2 Å². The van der Waals surface area contributed by atoms with Crippen LogP contribution in [0.2, 0.25) is 10.0 Å². The number of methoxy groups -OCH3 is 1. The van der Waals surface area contributed by atoms with Crippen LogP contribution in [0.25, 0.3) is 0 Å². The summed E-state index contributed by atoms with van der Waals surface area (Å²) >= 11 is 11.5. The number of carbonyl (C=O) groups is 1. The van der Waals surface area contributed by atoms with Crippen molar-refractivity contribution >= 4 is 39.2 Å². The fourth-order valence-corrected chi connectivity index (χ4v) is 4.11. The van der Waals surface area contributed by atoms with Crippen molar-refractivity contribution in [3.8, 4) is 5.75 Å². The van der Waals surface area contributed by atoms with E-state index in [2.05, 4.69) is 9.46 Å². The summed E-state index contributed by atoms with van der Waals surface area (Å²) < 4.78 is 44.9. The van der Waals surface area contributed by atoms with Gasteiger partial charge in [0.25, 0.3) is 0 Å². The van der Waals surface area contributed by atoms with Gasteiger partial charge >= 0.3 is 5.97 Å². The van der Waals surface area contributed by atoms with Gasteiger partial charge in [-0.3, -0.25) is 4.79 Å². The van der Waals surface area contributed by atoms with Crippen LogP contribution in [0, 0.1) is 5.82 Å². The summed E-state index contributed by atoms with van der Waals surface area (Å²) in [6.07, 6.45) is -0.0960. The maximum atomic E-state index is 13.0. The summed E-state index contributed by atoms with van der Waals surface area (Å²) in [6, 6.07) is 6.04. The van der Waals surface area contributed by atoms with E-state index in [1.807, 2.05) is 0 Å². The Kier molecular flexibility index (Phi) is 6.46. The molecule has 0 amide bonds. The number of phenols is 1. The maximum absolute atomic E-state index is 13.0. The minimum Gasteiger partial charge on any atom is -0.505 e. The van der Waals surface area contributed by atoms with E-state index in [-0.39, 0.29) is 16.5 Å². The number of sulfonamides is 1. The van der Waals surface area contributed by atoms with Crippen LogP contribution in [0.5, 0.6) is 5.75 Å². The number of aromatic hydroxyl groups is 1. The molecule has 2 N–H and O–H groups in total. The molecule has 140 valence electrons. The number of ether oxygens (including phenoxy) is 1. The molecular weight excluding hydrogens is 408 g/mol. The average Bonchev–Trinajstić information content (AvgIpc) is 2.58. The zero-order chi connectivity index (χ0) is 19.5. The lowest BCUT2D eigenvalue weighted by molar-refractivity contribution is -0.142. The smallest absolute Gasteiger partial charge is 0.324 e. The lowest BCUT2D eigenvalue weighted by Gasteiger charge is -2.17. The van der Waals surface area contributed by atoms with Gasteiger partial charge < -0.3 is 9.84 Å². The van der Waals surface area contributed by atoms with E-state index in [0.29, 0.717) is 5.56 Å². The summed E-state index contributed by atoms with van der Waals surface area (Å²) in [7, 11) is -3.26. The molecule has 1 unspecified atom stereocenters. The molecule has 0 radical (unpaired) electrons. The second-order valence-electron chi connectivity index (χ2n) is 5.26. The molecule has 0 aliphatic rings. The van der Waals surface area contributed by atoms with Gasteiger partial charge in [-0.15, -0.1) is 0 Å². The minimum absolute atomic E-state index is 0.0127. The van der Waals surface area contributed by atoms with Crippen molar-refractivity contribution in [3.05, 3.63) is 57.8 Å². The predicted molar refractivity (Wildman–Crippen MR) is 94.4 cm³/mol. The number of phenolic OH excluding ortho intramolecular Hbond substituents is 1. The summed E-state index contributed by atoms with van der Waals surface area (Å²) in [5.74, 6) is -2.03. The van der Waals surface area contributed by atoms with Crippen LogP contribution in [-0.2, 0) is 26.0 Å². The minimum atomic E-state index is -4.36. The Morgan fingerprint density at radius 3 is 2.46 bits per heavy atom. The molecule has 2 aromatic carbocycles. The Labute approximate surface area is 159 Å². The van der Waals surface area contributed by atoms with Crippen molar-refractivity contribution < 1.29 is 27.4 Å². The highest BCUT2D eigenvalue weighted by atomic mass is 35.5. The molecule has 26 heavy (non-hydrogen) atoms. The zero-order valence-electron chi connectivity index (χ0n) is 13.4. The molecular formula is C16H14Cl2FNO5S. The van der Waals surface area contributed by atoms with Crippen LogP contribution in [0.1, 0.15) is 5.56 Å². The lowest BCUT2D eigenvalue weighted by atomic mass is 10.1. The first-order valence-corrected chi connectivity index (χ1v) is 9.40. The number of carbonyl (C=O) groups excluding carboxylic acids is 1. The molecule has 1 atom stereocenters. The van der Waals surface area contributed by atoms with Crippen LogP contribution >= 0.6 is 23.2 Å². The van der Waals surface area contributed by atoms with Crippen LogP contribution in [0.3, 0.4) is 0 Å². The Balaban J connectivity index is 2.35. The first-order valence-electron chi connectivity index (χ1n) is 7.16. The molecule has 10 heteroatoms. The number of hydrogen-bond donors (Lipinski definition) is 2. The van der Waals surface area contributed by atoms with Crippen molar-refractivity contribution in [1.82, 2.24) is 4.72 Å². The second kappa shape index (κ2) is 8.22. The topological polar surface area (TPSA) is 92.7 Å². The van der Waals surface area contributed by atoms with Crippen LogP contribution in [0.15, 0.2) is 41.3 Å². The van der Waals surface area contributed by atoms with Gasteiger partial charge in [0, 0.05) is 5.02 Å². The SMILES string of the molecule is COC(=O)C(Cc1ccc(F)cc1)NS(=O)(=O)c1cc(Cl)cc(Cl)c1O. The van der Waals surface area contributed by atoms with Gasteiger partial charge in [-0.2, -0.15) is 4.72 Å². The number of esters is 1. The lowest BCUT2D eigenvalue weighted by Crippen LogP contribution is -2.43. The third-order valence-corrected chi connectivity index (χ3v) is 5.41. The van der Waals surface area contributed by atoms with Crippen LogP contribution < -0.4 is 4.72 Å². The maximum Gasteiger partial charge on any atom is 0.324 e. The molecule has 0 aliphatic heterocycles. The van der Waals surface area contributed by atoms with E-state index in [1.165, 1.54) is 30.3 Å². The van der Waals surface area contributed by atoms with Crippen molar-refractivity contribution in [2.75, 3.05) is 7.11 Å². The predicted octanol–water partition coefficient (Wildman–Crippen LogP) is 2.90. The standard InChI is InChI=1S/C16H14Cl2FNO5S/c1-25-16(22)13(6-9-2-4-11(19)5-3-9)20-26(23,24)14-8-10(17)7-12(18)15(14)21/h2-5,7-8,13,20-21H,6H2,1H3. The van der Waals surface area contributed by atoms with E-state index in [4.69, 9.17) is 23.2 Å². The van der Waals surface area contributed by atoms with Gasteiger partial charge in [-0.05, 0) is 36.2 Å². The highest BCUT2D eigenvalue weighted by molar-refractivity contribution is 7.89. The number of rotatable bonds is 6. The quantitative estimate of drug-likeness (QED) is 0.699. The second-order valence-corrected chi connectivity index (χ2v) is 7.79. The third kappa shape index (κ3) is 4.85. The van der Waals surface area contributed by atoms with Crippen molar-refractivity contribution in [2.45, 2.75) is 17.4 Å². The molecule has 0 saturated carbocycles. The molecule has 0 aromatic heterocycles. The van der Waals surface area contributed by atoms with Crippen molar-refractivity contribution in [1.29, 1.82) is 0 Å². The summed E-state index contributed by atoms with van der Waals surface area (Å²) in [6.45, 7) is 0. The van der Waals surface area contributed by atoms with E-state index in [1.54, 1.807) is 0 Å². The first-order chi connectivity index (χ1) is 12.1. The molecule has 0 bridgehead atoms. The average molecular weight is 422 g/mol. The molecule has 2 rings (SSSR count). The Bertz CT molecular complexity index is 919. The Hall–Kier alpha value is -1.87. The van der Waals surface area contributed by atoms with Crippen LogP contribution in [-0.4, -0.2) is 32.6 Å². The van der Waals surface area contributed by atoms with E-state index in [9.17, 15) is 22.7 Å². The molecule has 0 saturated heterocycles. The van der Waals surface area contributed by atoms with Gasteiger partial charge in [-0.1, -0.05) is 35.3 Å². The fourth-order valence-electron chi connectivity index (χ4n) is 2.17. The number of benzene rings is 2. The summed E-state index contributed by atoms with van der Waals surface area (Å²) in [4.78, 5) is 11.4. The highest BCUT2D eigenvalue weighted by Gasteiger charge is 2.29. The third-order valence-electron chi connectivity index (χ3n) is 3.42. The molecule has 0 aliphatic carbocycles. The zero-order valence-corrected chi connectivity index (χ0v) is 15.7. The normalized spacial score (nSPS) is 12.6. The monoisotopic (exact) mass is 421 g/mol. The number of nitrogens with one attached hydrogen (secondary N) is 1. The largest absolute Gasteiger partial charge is 0.505 e. The highest BCUT2D eigenvalue weighted by Crippen LogP contribution is 2.34. The summed E-state index contributed by atoms with van der Waals surface area (Å²) in [5, 5.41) is 9.65. The molecule has 0 spiro atoms. The van der Waals surface area contributed by atoms with E-state index >= 15 is 0 Å².